The summed E-state index contributed by atoms with van der Waals surface area (Å²) in [6.07, 6.45) is -3.59. The maximum atomic E-state index is 12.5. The van der Waals surface area contributed by atoms with E-state index in [-0.39, 0.29) is 11.2 Å². The van der Waals surface area contributed by atoms with Gasteiger partial charge in [-0.1, -0.05) is 11.8 Å². The van der Waals surface area contributed by atoms with Gasteiger partial charge in [-0.05, 0) is 19.1 Å². The maximum Gasteiger partial charge on any atom is 0.417 e. The minimum absolute atomic E-state index is 0.0894. The third kappa shape index (κ3) is 4.44. The monoisotopic (exact) mass is 344 g/mol. The Kier molecular flexibility index (Phi) is 4.93. The van der Waals surface area contributed by atoms with Gasteiger partial charge in [-0.15, -0.1) is 0 Å². The lowest BCUT2D eigenvalue weighted by Gasteiger charge is -2.14. The predicted molar refractivity (Wildman–Crippen MR) is 82.1 cm³/mol. The lowest BCUT2D eigenvalue weighted by Crippen LogP contribution is -2.16. The van der Waals surface area contributed by atoms with Crippen LogP contribution in [0.25, 0.3) is 0 Å². The van der Waals surface area contributed by atoms with Gasteiger partial charge in [-0.25, -0.2) is 4.98 Å². The van der Waals surface area contributed by atoms with Crippen LogP contribution in [0.1, 0.15) is 23.6 Å². The zero-order chi connectivity index (χ0) is 17.2. The molecule has 0 radical (unpaired) electrons. The molecular weight excluding hydrogens is 329 g/mol. The number of nitrogens with two attached hydrogens (primary N) is 1. The zero-order valence-electron chi connectivity index (χ0n) is 12.7. The van der Waals surface area contributed by atoms with Gasteiger partial charge in [0.25, 0.3) is 0 Å². The summed E-state index contributed by atoms with van der Waals surface area (Å²) in [6, 6.07) is 2.32. The fourth-order valence-electron chi connectivity index (χ4n) is 1.63. The van der Waals surface area contributed by atoms with Crippen LogP contribution in [0.3, 0.4) is 0 Å². The lowest BCUT2D eigenvalue weighted by molar-refractivity contribution is -0.137. The van der Waals surface area contributed by atoms with E-state index >= 15 is 0 Å². The first-order valence-corrected chi connectivity index (χ1v) is 7.43. The molecule has 0 aliphatic rings. The number of hydrogen-bond donors (Lipinski definition) is 1. The highest BCUT2D eigenvalue weighted by atomic mass is 32.2. The summed E-state index contributed by atoms with van der Waals surface area (Å²) in [5.41, 5.74) is 4.87. The highest BCUT2D eigenvalue weighted by Crippen LogP contribution is 2.34. The molecule has 6 nitrogen and oxygen atoms in total. The second kappa shape index (κ2) is 6.57. The molecule has 0 unspecified atom stereocenters. The third-order valence-electron chi connectivity index (χ3n) is 2.78. The van der Waals surface area contributed by atoms with Crippen molar-refractivity contribution < 1.29 is 13.2 Å². The van der Waals surface area contributed by atoms with Crippen LogP contribution >= 0.6 is 11.8 Å². The second-order valence-electron chi connectivity index (χ2n) is 4.89. The Morgan fingerprint density at radius 2 is 1.87 bits per heavy atom. The molecular formula is C13H15F3N6S. The Morgan fingerprint density at radius 3 is 2.39 bits per heavy atom. The van der Waals surface area contributed by atoms with Gasteiger partial charge < -0.3 is 10.6 Å². The van der Waals surface area contributed by atoms with E-state index in [2.05, 4.69) is 19.9 Å². The van der Waals surface area contributed by atoms with Crippen LogP contribution < -0.4 is 10.6 Å². The van der Waals surface area contributed by atoms with E-state index in [1.54, 1.807) is 19.0 Å². The Balaban J connectivity index is 2.17. The fourth-order valence-corrected chi connectivity index (χ4v) is 2.46. The van der Waals surface area contributed by atoms with Crippen molar-refractivity contribution in [2.75, 3.05) is 24.7 Å². The van der Waals surface area contributed by atoms with Crippen LogP contribution in [0.2, 0.25) is 0 Å². The van der Waals surface area contributed by atoms with Crippen molar-refractivity contribution in [2.24, 2.45) is 0 Å². The first-order chi connectivity index (χ1) is 10.7. The molecule has 23 heavy (non-hydrogen) atoms. The first kappa shape index (κ1) is 17.3. The smallest absolute Gasteiger partial charge is 0.368 e. The van der Waals surface area contributed by atoms with E-state index in [1.807, 2.05) is 6.92 Å². The number of halogens is 3. The number of thioether (sulfide) groups is 1. The van der Waals surface area contributed by atoms with E-state index in [1.165, 1.54) is 17.8 Å². The number of pyridine rings is 1. The van der Waals surface area contributed by atoms with Gasteiger partial charge >= 0.3 is 6.18 Å². The molecule has 10 heteroatoms. The van der Waals surface area contributed by atoms with Crippen molar-refractivity contribution in [1.82, 2.24) is 19.9 Å². The molecule has 2 N–H and O–H groups in total. The molecule has 124 valence electrons. The number of nitrogens with zero attached hydrogens (tertiary/aromatic N) is 5. The van der Waals surface area contributed by atoms with Gasteiger partial charge in [0, 0.05) is 20.3 Å². The largest absolute Gasteiger partial charge is 0.417 e. The average molecular weight is 344 g/mol. The molecule has 2 rings (SSSR count). The summed E-state index contributed by atoms with van der Waals surface area (Å²) >= 11 is 1.24. The van der Waals surface area contributed by atoms with Gasteiger partial charge in [0.2, 0.25) is 11.9 Å². The molecule has 2 aromatic heterocycles. The molecule has 0 amide bonds. The fraction of sp³-hybridized carbons (Fsp3) is 0.385. The Hall–Kier alpha value is -2.10. The minimum Gasteiger partial charge on any atom is -0.368 e. The van der Waals surface area contributed by atoms with Crippen LogP contribution in [0.15, 0.2) is 23.4 Å². The second-order valence-corrected chi connectivity index (χ2v) is 6.25. The highest BCUT2D eigenvalue weighted by Gasteiger charge is 2.30. The standard InChI is InChI=1S/C13H15F3N6S/c1-7(10-19-11(17)21-12(20-10)22(2)3)23-9-5-4-8(6-18-9)13(14,15)16/h4-7H,1-3H3,(H2,17,19,20,21)/t7-/m1/s1. The zero-order valence-corrected chi connectivity index (χ0v) is 13.5. The molecule has 0 saturated carbocycles. The Morgan fingerprint density at radius 1 is 1.17 bits per heavy atom. The summed E-state index contributed by atoms with van der Waals surface area (Å²) in [6.45, 7) is 1.82. The molecule has 0 bridgehead atoms. The number of aromatic nitrogens is 4. The van der Waals surface area contributed by atoms with Gasteiger partial charge in [-0.2, -0.15) is 28.1 Å². The predicted octanol–water partition coefficient (Wildman–Crippen LogP) is 2.79. The van der Waals surface area contributed by atoms with E-state index in [0.717, 1.165) is 12.3 Å². The summed E-state index contributed by atoms with van der Waals surface area (Å²) < 4.78 is 37.6. The van der Waals surface area contributed by atoms with Crippen molar-refractivity contribution in [1.29, 1.82) is 0 Å². The molecule has 0 aromatic carbocycles. The first-order valence-electron chi connectivity index (χ1n) is 6.55. The number of alkyl halides is 3. The van der Waals surface area contributed by atoms with Crippen LogP contribution in [0.5, 0.6) is 0 Å². The van der Waals surface area contributed by atoms with Crippen molar-refractivity contribution >= 4 is 23.7 Å². The maximum absolute atomic E-state index is 12.5. The summed E-state index contributed by atoms with van der Waals surface area (Å²) in [5, 5.41) is 0.194. The number of hydrogen-bond acceptors (Lipinski definition) is 7. The normalized spacial score (nSPS) is 13.0. The van der Waals surface area contributed by atoms with E-state index in [4.69, 9.17) is 5.73 Å². The summed E-state index contributed by atoms with van der Waals surface area (Å²) in [7, 11) is 3.54. The van der Waals surface area contributed by atoms with Gasteiger partial charge in [0.15, 0.2) is 0 Å². The summed E-state index contributed by atoms with van der Waals surface area (Å²) in [5.74, 6) is 0.944. The van der Waals surface area contributed by atoms with Crippen LogP contribution in [-0.4, -0.2) is 34.0 Å². The molecule has 0 aliphatic heterocycles. The van der Waals surface area contributed by atoms with Crippen molar-refractivity contribution in [3.05, 3.63) is 29.7 Å². The van der Waals surface area contributed by atoms with Crippen LogP contribution in [-0.2, 0) is 6.18 Å². The molecule has 2 aromatic rings. The van der Waals surface area contributed by atoms with Crippen LogP contribution in [0, 0.1) is 0 Å². The number of rotatable bonds is 4. The minimum atomic E-state index is -4.40. The molecule has 0 aliphatic carbocycles. The van der Waals surface area contributed by atoms with Crippen molar-refractivity contribution in [3.8, 4) is 0 Å². The average Bonchev–Trinajstić information content (AvgIpc) is 2.46. The van der Waals surface area contributed by atoms with Crippen molar-refractivity contribution in [3.63, 3.8) is 0 Å². The topological polar surface area (TPSA) is 80.8 Å². The van der Waals surface area contributed by atoms with Gasteiger partial charge in [0.05, 0.1) is 15.8 Å². The van der Waals surface area contributed by atoms with E-state index < -0.39 is 11.7 Å². The van der Waals surface area contributed by atoms with Crippen molar-refractivity contribution in [2.45, 2.75) is 23.4 Å². The summed E-state index contributed by atoms with van der Waals surface area (Å²) in [4.78, 5) is 17.9. The molecule has 0 saturated heterocycles. The Bertz CT molecular complexity index is 674. The van der Waals surface area contributed by atoms with Gasteiger partial charge in [-0.3, -0.25) is 0 Å². The molecule has 1 atom stereocenters. The Labute approximate surface area is 135 Å². The number of nitrogen functional groups attached to an aromatic ring is 1. The van der Waals surface area contributed by atoms with Crippen LogP contribution in [0.4, 0.5) is 25.1 Å². The quantitative estimate of drug-likeness (QED) is 0.854. The van der Waals surface area contributed by atoms with E-state index in [0.29, 0.717) is 16.8 Å². The highest BCUT2D eigenvalue weighted by molar-refractivity contribution is 7.99. The third-order valence-corrected chi connectivity index (χ3v) is 3.83. The van der Waals surface area contributed by atoms with Gasteiger partial charge in [0.1, 0.15) is 5.82 Å². The van der Waals surface area contributed by atoms with E-state index in [9.17, 15) is 13.2 Å². The molecule has 2 heterocycles. The SMILES string of the molecule is C[C@@H](Sc1ccc(C(F)(F)F)cn1)c1nc(N)nc(N(C)C)n1. The number of anilines is 2. The molecule has 0 fully saturated rings. The lowest BCUT2D eigenvalue weighted by atomic mass is 10.3. The molecule has 0 spiro atoms.